The molecule has 0 N–H and O–H groups in total. The van der Waals surface area contributed by atoms with Crippen LogP contribution in [-0.4, -0.2) is 5.97 Å². The van der Waals surface area contributed by atoms with E-state index in [1.807, 2.05) is 6.92 Å². The summed E-state index contributed by atoms with van der Waals surface area (Å²) in [6.45, 7) is 4.15. The van der Waals surface area contributed by atoms with E-state index in [1.54, 1.807) is 0 Å². The Hall–Kier alpha value is -0.530. The van der Waals surface area contributed by atoms with Crippen LogP contribution in [-0.2, 0) is 4.79 Å². The fourth-order valence-corrected chi connectivity index (χ4v) is 3.75. The normalized spacial score (nSPS) is 58.0. The van der Waals surface area contributed by atoms with E-state index in [9.17, 15) is 9.90 Å². The van der Waals surface area contributed by atoms with Crippen molar-refractivity contribution in [1.29, 1.82) is 0 Å². The van der Waals surface area contributed by atoms with Crippen LogP contribution in [0.3, 0.4) is 0 Å². The third-order valence-corrected chi connectivity index (χ3v) is 5.15. The van der Waals surface area contributed by atoms with Gasteiger partial charge < -0.3 is 9.90 Å². The SMILES string of the molecule is C[C@@]1(C(=O)[O-])C[C@]12C[C@]2(C)C1CC1. The van der Waals surface area contributed by atoms with Crippen molar-refractivity contribution in [1.82, 2.24) is 0 Å². The Morgan fingerprint density at radius 1 is 1.31 bits per heavy atom. The molecule has 72 valence electrons. The van der Waals surface area contributed by atoms with Crippen molar-refractivity contribution in [3.8, 4) is 0 Å². The standard InChI is InChI=1S/C11H16O2/c1-9(7-3-4-7)5-11(9)6-10(11,2)8(12)13/h7H,3-6H2,1-2H3,(H,12,13)/p-1/t9-,10+,11+/m1/s1. The van der Waals surface area contributed by atoms with Gasteiger partial charge in [0.15, 0.2) is 0 Å². The molecule has 0 saturated heterocycles. The molecular formula is C11H15O2-. The highest BCUT2D eigenvalue weighted by Gasteiger charge is 2.85. The summed E-state index contributed by atoms with van der Waals surface area (Å²) in [6.07, 6.45) is 4.65. The summed E-state index contributed by atoms with van der Waals surface area (Å²) in [5.74, 6) is 0.00514. The van der Waals surface area contributed by atoms with Gasteiger partial charge in [-0.25, -0.2) is 0 Å². The van der Waals surface area contributed by atoms with Gasteiger partial charge >= 0.3 is 0 Å². The van der Waals surface area contributed by atoms with Crippen LogP contribution >= 0.6 is 0 Å². The lowest BCUT2D eigenvalue weighted by atomic mass is 9.93. The largest absolute Gasteiger partial charge is 0.550 e. The van der Waals surface area contributed by atoms with Crippen molar-refractivity contribution in [3.63, 3.8) is 0 Å². The fourth-order valence-electron chi connectivity index (χ4n) is 3.75. The molecular weight excluding hydrogens is 164 g/mol. The molecule has 0 radical (unpaired) electrons. The van der Waals surface area contributed by atoms with Crippen LogP contribution in [0.15, 0.2) is 0 Å². The maximum absolute atomic E-state index is 11.0. The Morgan fingerprint density at radius 2 is 1.92 bits per heavy atom. The van der Waals surface area contributed by atoms with E-state index in [4.69, 9.17) is 0 Å². The van der Waals surface area contributed by atoms with E-state index in [0.29, 0.717) is 5.41 Å². The van der Waals surface area contributed by atoms with E-state index >= 15 is 0 Å². The van der Waals surface area contributed by atoms with Crippen molar-refractivity contribution in [3.05, 3.63) is 0 Å². The van der Waals surface area contributed by atoms with Crippen molar-refractivity contribution in [2.24, 2.45) is 22.2 Å². The first-order valence-corrected chi connectivity index (χ1v) is 5.18. The van der Waals surface area contributed by atoms with Gasteiger partial charge in [-0.3, -0.25) is 0 Å². The van der Waals surface area contributed by atoms with Gasteiger partial charge in [0.2, 0.25) is 0 Å². The number of carboxylic acids is 1. The van der Waals surface area contributed by atoms with Crippen LogP contribution in [0.4, 0.5) is 0 Å². The minimum absolute atomic E-state index is 0.153. The third kappa shape index (κ3) is 0.628. The number of carbonyl (C=O) groups excluding carboxylic acids is 1. The van der Waals surface area contributed by atoms with Gasteiger partial charge in [0.05, 0.1) is 0 Å². The molecule has 13 heavy (non-hydrogen) atoms. The molecule has 3 atom stereocenters. The second-order valence-corrected chi connectivity index (χ2v) is 5.75. The molecule has 3 fully saturated rings. The van der Waals surface area contributed by atoms with Crippen molar-refractivity contribution >= 4 is 5.97 Å². The van der Waals surface area contributed by atoms with Gasteiger partial charge in [0.1, 0.15) is 0 Å². The van der Waals surface area contributed by atoms with Gasteiger partial charge in [-0.2, -0.15) is 0 Å². The summed E-state index contributed by atoms with van der Waals surface area (Å²) in [5.41, 5.74) is 0.0339. The van der Waals surface area contributed by atoms with Crippen molar-refractivity contribution in [2.75, 3.05) is 0 Å². The number of hydrogen-bond acceptors (Lipinski definition) is 2. The zero-order valence-corrected chi connectivity index (χ0v) is 8.22. The highest BCUT2D eigenvalue weighted by atomic mass is 16.4. The minimum Gasteiger partial charge on any atom is -0.550 e. The average molecular weight is 179 g/mol. The van der Waals surface area contributed by atoms with E-state index in [1.165, 1.54) is 12.8 Å². The van der Waals surface area contributed by atoms with Crippen LogP contribution in [0.25, 0.3) is 0 Å². The number of hydrogen-bond donors (Lipinski definition) is 0. The van der Waals surface area contributed by atoms with Gasteiger partial charge in [-0.15, -0.1) is 0 Å². The summed E-state index contributed by atoms with van der Waals surface area (Å²) >= 11 is 0. The van der Waals surface area contributed by atoms with Gasteiger partial charge in [-0.05, 0) is 42.4 Å². The topological polar surface area (TPSA) is 40.1 Å². The molecule has 0 bridgehead atoms. The fraction of sp³-hybridized carbons (Fsp3) is 0.909. The molecule has 0 aromatic rings. The second-order valence-electron chi connectivity index (χ2n) is 5.75. The molecule has 0 aromatic carbocycles. The molecule has 0 aromatic heterocycles. The second kappa shape index (κ2) is 1.67. The highest BCUT2D eigenvalue weighted by molar-refractivity contribution is 5.79. The highest BCUT2D eigenvalue weighted by Crippen LogP contribution is 2.91. The Balaban J connectivity index is 1.87. The summed E-state index contributed by atoms with van der Waals surface area (Å²) in [7, 11) is 0. The molecule has 2 nitrogen and oxygen atoms in total. The number of carboxylic acid groups (broad SMARTS) is 1. The van der Waals surface area contributed by atoms with Gasteiger partial charge in [0, 0.05) is 11.4 Å². The first-order chi connectivity index (χ1) is 5.96. The van der Waals surface area contributed by atoms with E-state index in [-0.39, 0.29) is 5.41 Å². The molecule has 0 amide bonds. The number of rotatable bonds is 2. The first kappa shape index (κ1) is 7.84. The Kier molecular flexibility index (Phi) is 1.00. The predicted molar refractivity (Wildman–Crippen MR) is 45.6 cm³/mol. The monoisotopic (exact) mass is 179 g/mol. The van der Waals surface area contributed by atoms with Gasteiger partial charge in [0.25, 0.3) is 0 Å². The number of aliphatic carboxylic acids is 1. The minimum atomic E-state index is -0.822. The lowest BCUT2D eigenvalue weighted by Gasteiger charge is -2.15. The Labute approximate surface area is 78.3 Å². The summed E-state index contributed by atoms with van der Waals surface area (Å²) in [4.78, 5) is 11.0. The van der Waals surface area contributed by atoms with Crippen LogP contribution in [0, 0.1) is 22.2 Å². The molecule has 3 aliphatic rings. The molecule has 2 heteroatoms. The zero-order valence-electron chi connectivity index (χ0n) is 8.22. The Bertz CT molecular complexity index is 307. The van der Waals surface area contributed by atoms with E-state index < -0.39 is 11.4 Å². The van der Waals surface area contributed by atoms with Crippen LogP contribution < -0.4 is 5.11 Å². The van der Waals surface area contributed by atoms with E-state index in [0.717, 1.165) is 18.8 Å². The summed E-state index contributed by atoms with van der Waals surface area (Å²) < 4.78 is 0. The van der Waals surface area contributed by atoms with Crippen molar-refractivity contribution < 1.29 is 9.90 Å². The predicted octanol–water partition coefficient (Wildman–Crippen LogP) is 0.953. The Morgan fingerprint density at radius 3 is 2.31 bits per heavy atom. The van der Waals surface area contributed by atoms with Gasteiger partial charge in [-0.1, -0.05) is 13.8 Å². The lowest BCUT2D eigenvalue weighted by Crippen LogP contribution is -2.33. The molecule has 1 spiro atoms. The molecule has 3 aliphatic carbocycles. The van der Waals surface area contributed by atoms with Crippen molar-refractivity contribution in [2.45, 2.75) is 39.5 Å². The first-order valence-electron chi connectivity index (χ1n) is 5.18. The van der Waals surface area contributed by atoms with Crippen LogP contribution in [0.1, 0.15) is 39.5 Å². The summed E-state index contributed by atoms with van der Waals surface area (Å²) in [6, 6.07) is 0. The zero-order chi connectivity index (χ0) is 9.48. The quantitative estimate of drug-likeness (QED) is 0.633. The molecule has 3 rings (SSSR count). The maximum Gasteiger partial charge on any atom is 0.0479 e. The lowest BCUT2D eigenvalue weighted by molar-refractivity contribution is -0.314. The smallest absolute Gasteiger partial charge is 0.0479 e. The maximum atomic E-state index is 11.0. The van der Waals surface area contributed by atoms with Crippen LogP contribution in [0.2, 0.25) is 0 Å². The molecule has 0 aliphatic heterocycles. The molecule has 0 unspecified atom stereocenters. The van der Waals surface area contributed by atoms with Crippen LogP contribution in [0.5, 0.6) is 0 Å². The molecule has 3 saturated carbocycles. The average Bonchev–Trinajstić information content (AvgIpc) is 2.78. The molecule has 0 heterocycles. The third-order valence-electron chi connectivity index (χ3n) is 5.15. The number of carbonyl (C=O) groups is 1. The summed E-state index contributed by atoms with van der Waals surface area (Å²) in [5, 5.41) is 11.0. The van der Waals surface area contributed by atoms with E-state index in [2.05, 4.69) is 6.92 Å².